The van der Waals surface area contributed by atoms with Gasteiger partial charge in [-0.25, -0.2) is 0 Å². The lowest BCUT2D eigenvalue weighted by molar-refractivity contribution is 0.0984. The minimum absolute atomic E-state index is 0.124. The third-order valence-corrected chi connectivity index (χ3v) is 6.00. The number of hydrogen-bond acceptors (Lipinski definition) is 6. The van der Waals surface area contributed by atoms with E-state index in [0.717, 1.165) is 34.4 Å². The summed E-state index contributed by atoms with van der Waals surface area (Å²) in [5.41, 5.74) is 6.05. The average molecular weight is 457 g/mol. The second-order valence-corrected chi connectivity index (χ2v) is 7.87. The van der Waals surface area contributed by atoms with Crippen molar-refractivity contribution in [3.8, 4) is 39.6 Å². The number of pyridine rings is 1. The van der Waals surface area contributed by atoms with Gasteiger partial charge in [0.1, 0.15) is 5.69 Å². The summed E-state index contributed by atoms with van der Waals surface area (Å²) in [6, 6.07) is 15.5. The number of fused-ring (bicyclic) bond motifs is 1. The van der Waals surface area contributed by atoms with Gasteiger partial charge in [0.05, 0.1) is 27.0 Å². The lowest BCUT2D eigenvalue weighted by Crippen LogP contribution is -2.29. The van der Waals surface area contributed by atoms with Crippen molar-refractivity contribution >= 4 is 11.6 Å². The molecule has 1 amide bonds. The van der Waals surface area contributed by atoms with Crippen LogP contribution in [0.25, 0.3) is 22.4 Å². The maximum atomic E-state index is 13.3. The number of amides is 1. The van der Waals surface area contributed by atoms with Gasteiger partial charge in [-0.15, -0.1) is 0 Å². The minimum Gasteiger partial charge on any atom is -0.493 e. The van der Waals surface area contributed by atoms with Gasteiger partial charge in [0, 0.05) is 30.2 Å². The number of nitrogens with one attached hydrogen (secondary N) is 1. The van der Waals surface area contributed by atoms with Gasteiger partial charge in [-0.2, -0.15) is 5.10 Å². The molecule has 2 aromatic carbocycles. The molecule has 0 radical (unpaired) electrons. The van der Waals surface area contributed by atoms with Crippen molar-refractivity contribution in [2.75, 3.05) is 32.8 Å². The van der Waals surface area contributed by atoms with E-state index in [9.17, 15) is 4.79 Å². The van der Waals surface area contributed by atoms with Crippen LogP contribution in [0.3, 0.4) is 0 Å². The average Bonchev–Trinajstić information content (AvgIpc) is 3.55. The van der Waals surface area contributed by atoms with Crippen LogP contribution in [0.15, 0.2) is 60.9 Å². The molecule has 1 N–H and O–H groups in total. The number of benzene rings is 2. The molecular weight excluding hydrogens is 432 g/mol. The molecule has 5 rings (SSSR count). The molecule has 4 aromatic rings. The number of anilines is 1. The van der Waals surface area contributed by atoms with Gasteiger partial charge in [0.15, 0.2) is 11.5 Å². The van der Waals surface area contributed by atoms with Crippen LogP contribution in [0.5, 0.6) is 17.2 Å². The van der Waals surface area contributed by atoms with Crippen molar-refractivity contribution in [2.24, 2.45) is 0 Å². The van der Waals surface area contributed by atoms with Gasteiger partial charge in [0.2, 0.25) is 5.75 Å². The summed E-state index contributed by atoms with van der Waals surface area (Å²) in [6.45, 7) is 0.618. The molecule has 1 aliphatic rings. The Morgan fingerprint density at radius 1 is 0.882 bits per heavy atom. The second-order valence-electron chi connectivity index (χ2n) is 7.87. The Hall–Kier alpha value is -4.33. The summed E-state index contributed by atoms with van der Waals surface area (Å²) in [5, 5.41) is 7.26. The van der Waals surface area contributed by atoms with E-state index >= 15 is 0 Å². The number of H-pyrrole nitrogens is 1. The molecule has 0 fully saturated rings. The van der Waals surface area contributed by atoms with Gasteiger partial charge >= 0.3 is 0 Å². The number of nitrogens with zero attached hydrogens (tertiary/aromatic N) is 3. The molecule has 0 saturated heterocycles. The predicted octanol–water partition coefficient (Wildman–Crippen LogP) is 4.37. The summed E-state index contributed by atoms with van der Waals surface area (Å²) in [7, 11) is 4.68. The number of rotatable bonds is 6. The molecule has 0 aliphatic carbocycles. The maximum absolute atomic E-state index is 13.3. The van der Waals surface area contributed by atoms with Crippen molar-refractivity contribution < 1.29 is 19.0 Å². The standard InChI is InChI=1S/C26H24N4O4/c1-32-23-13-19(14-24(33-2)25(23)34-3)20-15-21(29-28-20)26(31)30-11-8-18-12-17(4-5-22(18)30)16-6-9-27-10-7-16/h4-7,9-10,12-15H,8,11H2,1-3H3,(H,28,29). The number of aromatic nitrogens is 3. The van der Waals surface area contributed by atoms with E-state index in [4.69, 9.17) is 14.2 Å². The summed E-state index contributed by atoms with van der Waals surface area (Å²) in [5.74, 6) is 1.42. The quantitative estimate of drug-likeness (QED) is 0.464. The zero-order chi connectivity index (χ0) is 23.7. The minimum atomic E-state index is -0.124. The Balaban J connectivity index is 1.42. The van der Waals surface area contributed by atoms with Gasteiger partial charge in [0.25, 0.3) is 5.91 Å². The highest BCUT2D eigenvalue weighted by molar-refractivity contribution is 6.06. The molecule has 8 nitrogen and oxygen atoms in total. The number of aromatic amines is 1. The number of hydrogen-bond donors (Lipinski definition) is 1. The highest BCUT2D eigenvalue weighted by Crippen LogP contribution is 2.41. The first kappa shape index (κ1) is 21.5. The molecule has 2 aromatic heterocycles. The molecule has 0 atom stereocenters. The first-order valence-corrected chi connectivity index (χ1v) is 10.8. The Labute approximate surface area is 197 Å². The summed E-state index contributed by atoms with van der Waals surface area (Å²) in [4.78, 5) is 19.2. The summed E-state index contributed by atoms with van der Waals surface area (Å²) >= 11 is 0. The van der Waals surface area contributed by atoms with Crippen LogP contribution in [0.4, 0.5) is 5.69 Å². The van der Waals surface area contributed by atoms with Crippen LogP contribution in [-0.4, -0.2) is 49.0 Å². The van der Waals surface area contributed by atoms with E-state index in [1.165, 1.54) is 0 Å². The molecule has 3 heterocycles. The van der Waals surface area contributed by atoms with Crippen LogP contribution in [-0.2, 0) is 6.42 Å². The normalized spacial score (nSPS) is 12.4. The number of carbonyl (C=O) groups is 1. The summed E-state index contributed by atoms with van der Waals surface area (Å²) in [6.07, 6.45) is 4.36. The lowest BCUT2D eigenvalue weighted by Gasteiger charge is -2.16. The third kappa shape index (κ3) is 3.73. The van der Waals surface area contributed by atoms with Gasteiger partial charge in [-0.05, 0) is 65.6 Å². The fourth-order valence-corrected chi connectivity index (χ4v) is 4.29. The molecule has 8 heteroatoms. The van der Waals surface area contributed by atoms with Crippen molar-refractivity contribution in [1.29, 1.82) is 0 Å². The Morgan fingerprint density at radius 3 is 2.29 bits per heavy atom. The third-order valence-electron chi connectivity index (χ3n) is 6.00. The lowest BCUT2D eigenvalue weighted by atomic mass is 10.0. The van der Waals surface area contributed by atoms with Crippen molar-refractivity contribution in [2.45, 2.75) is 6.42 Å². The van der Waals surface area contributed by atoms with Crippen molar-refractivity contribution in [1.82, 2.24) is 15.2 Å². The van der Waals surface area contributed by atoms with Crippen LogP contribution in [0.2, 0.25) is 0 Å². The van der Waals surface area contributed by atoms with Gasteiger partial charge in [-0.3, -0.25) is 14.9 Å². The highest BCUT2D eigenvalue weighted by Gasteiger charge is 2.27. The SMILES string of the molecule is COc1cc(-c2cc(C(=O)N3CCc4cc(-c5ccncc5)ccc43)[nH]n2)cc(OC)c1OC. The van der Waals surface area contributed by atoms with Crippen LogP contribution >= 0.6 is 0 Å². The van der Waals surface area contributed by atoms with E-state index in [-0.39, 0.29) is 5.91 Å². The first-order chi connectivity index (χ1) is 16.6. The van der Waals surface area contributed by atoms with Gasteiger partial charge < -0.3 is 19.1 Å². The number of methoxy groups -OCH3 is 3. The zero-order valence-corrected chi connectivity index (χ0v) is 19.2. The maximum Gasteiger partial charge on any atom is 0.276 e. The molecule has 0 unspecified atom stereocenters. The highest BCUT2D eigenvalue weighted by atomic mass is 16.5. The molecule has 0 bridgehead atoms. The molecule has 172 valence electrons. The van der Waals surface area contributed by atoms with Gasteiger partial charge in [-0.1, -0.05) is 6.07 Å². The number of carbonyl (C=O) groups excluding carboxylic acids is 1. The Bertz CT molecular complexity index is 1330. The van der Waals surface area contributed by atoms with E-state index in [1.54, 1.807) is 56.8 Å². The molecule has 0 saturated carbocycles. The van der Waals surface area contributed by atoms with Crippen LogP contribution in [0.1, 0.15) is 16.1 Å². The molecule has 1 aliphatic heterocycles. The zero-order valence-electron chi connectivity index (χ0n) is 19.2. The largest absolute Gasteiger partial charge is 0.493 e. The smallest absolute Gasteiger partial charge is 0.276 e. The Kier molecular flexibility index (Phi) is 5.63. The molecule has 34 heavy (non-hydrogen) atoms. The molecular formula is C26H24N4O4. The first-order valence-electron chi connectivity index (χ1n) is 10.8. The second kappa shape index (κ2) is 8.90. The number of ether oxygens (including phenoxy) is 3. The summed E-state index contributed by atoms with van der Waals surface area (Å²) < 4.78 is 16.3. The van der Waals surface area contributed by atoms with Crippen molar-refractivity contribution in [3.05, 3.63) is 72.2 Å². The van der Waals surface area contributed by atoms with E-state index in [0.29, 0.717) is 35.2 Å². The Morgan fingerprint density at radius 2 is 1.62 bits per heavy atom. The van der Waals surface area contributed by atoms with Crippen LogP contribution in [0, 0.1) is 0 Å². The monoisotopic (exact) mass is 456 g/mol. The fraction of sp³-hybridized carbons (Fsp3) is 0.192. The molecule has 0 spiro atoms. The fourth-order valence-electron chi connectivity index (χ4n) is 4.29. The van der Waals surface area contributed by atoms with E-state index in [1.807, 2.05) is 24.3 Å². The van der Waals surface area contributed by atoms with E-state index in [2.05, 4.69) is 21.2 Å². The predicted molar refractivity (Wildman–Crippen MR) is 129 cm³/mol. The topological polar surface area (TPSA) is 89.6 Å². The van der Waals surface area contributed by atoms with E-state index < -0.39 is 0 Å². The van der Waals surface area contributed by atoms with Crippen molar-refractivity contribution in [3.63, 3.8) is 0 Å². The van der Waals surface area contributed by atoms with Crippen LogP contribution < -0.4 is 19.1 Å².